The fourth-order valence-electron chi connectivity index (χ4n) is 6.99. The fourth-order valence-corrected chi connectivity index (χ4v) is 7.74. The van der Waals surface area contributed by atoms with E-state index in [1.54, 1.807) is 0 Å². The summed E-state index contributed by atoms with van der Waals surface area (Å²) in [6.45, 7) is 4.48. The molecule has 0 rings (SSSR count). The molecule has 1 amide bonds. The largest absolute Gasteiger partial charge is 0.472 e. The average Bonchev–Trinajstić information content (AvgIpc) is 3.24. The van der Waals surface area contributed by atoms with Gasteiger partial charge in [-0.3, -0.25) is 23.4 Å². The zero-order valence-electron chi connectivity index (χ0n) is 39.1. The highest BCUT2D eigenvalue weighted by atomic mass is 31.2. The van der Waals surface area contributed by atoms with Crippen LogP contribution in [0.5, 0.6) is 0 Å². The van der Waals surface area contributed by atoms with Gasteiger partial charge in [-0.15, -0.1) is 0 Å². The predicted molar refractivity (Wildman–Crippen MR) is 245 cm³/mol. The van der Waals surface area contributed by atoms with Crippen LogP contribution in [-0.4, -0.2) is 88.2 Å². The van der Waals surface area contributed by atoms with E-state index in [9.17, 15) is 23.8 Å². The van der Waals surface area contributed by atoms with Crippen molar-refractivity contribution in [2.45, 2.75) is 225 Å². The van der Waals surface area contributed by atoms with Crippen molar-refractivity contribution in [3.8, 4) is 0 Å². The molecule has 0 fully saturated rings. The Hall–Kier alpha value is -1.60. The second-order valence-electron chi connectivity index (χ2n) is 16.6. The molecule has 362 valence electrons. The standard InChI is InChI=1S/C47H93N2O11P/c1-3-5-7-9-11-13-15-17-19-21-23-25-27-29-31-33-46(51)57-41-44(42-59-61(53,54)58-38-36-49-45(50)43-56-40-39-55-37-35-48)60-47(52)34-32-30-28-26-24-22-20-18-16-14-12-10-8-6-4-2/h44H,3-43,48H2,1-2H3,(H,49,50)(H,53,54). The first-order valence-electron chi connectivity index (χ1n) is 24.8. The Kier molecular flexibility index (Phi) is 45.2. The number of esters is 2. The summed E-state index contributed by atoms with van der Waals surface area (Å²) < 4.78 is 44.0. The second kappa shape index (κ2) is 46.4. The number of unbranched alkanes of at least 4 members (excludes halogenated alkanes) is 28. The number of hydrogen-bond donors (Lipinski definition) is 3. The quantitative estimate of drug-likeness (QED) is 0.0299. The zero-order chi connectivity index (χ0) is 44.8. The van der Waals surface area contributed by atoms with Gasteiger partial charge in [0.1, 0.15) is 13.2 Å². The normalized spacial score (nSPS) is 12.9. The highest BCUT2D eigenvalue weighted by Crippen LogP contribution is 2.43. The lowest BCUT2D eigenvalue weighted by Crippen LogP contribution is -2.31. The Morgan fingerprint density at radius 3 is 1.38 bits per heavy atom. The Balaban J connectivity index is 4.48. The molecule has 61 heavy (non-hydrogen) atoms. The van der Waals surface area contributed by atoms with E-state index in [0.29, 0.717) is 32.6 Å². The lowest BCUT2D eigenvalue weighted by Gasteiger charge is -2.20. The summed E-state index contributed by atoms with van der Waals surface area (Å²) in [5, 5.41) is 2.52. The van der Waals surface area contributed by atoms with Crippen molar-refractivity contribution in [2.24, 2.45) is 5.73 Å². The maximum Gasteiger partial charge on any atom is 0.472 e. The molecule has 2 atom stereocenters. The molecule has 0 bridgehead atoms. The molecule has 0 aromatic carbocycles. The van der Waals surface area contributed by atoms with Crippen molar-refractivity contribution in [3.05, 3.63) is 0 Å². The van der Waals surface area contributed by atoms with E-state index < -0.39 is 38.4 Å². The van der Waals surface area contributed by atoms with Crippen LogP contribution in [0.4, 0.5) is 0 Å². The number of phosphoric ester groups is 1. The topological polar surface area (TPSA) is 182 Å². The Labute approximate surface area is 372 Å². The van der Waals surface area contributed by atoms with E-state index in [1.165, 1.54) is 141 Å². The van der Waals surface area contributed by atoms with Crippen LogP contribution in [0.3, 0.4) is 0 Å². The van der Waals surface area contributed by atoms with Gasteiger partial charge in [0.25, 0.3) is 0 Å². The van der Waals surface area contributed by atoms with Gasteiger partial charge in [-0.05, 0) is 12.8 Å². The summed E-state index contributed by atoms with van der Waals surface area (Å²) in [5.74, 6) is -1.32. The molecule has 0 saturated carbocycles. The van der Waals surface area contributed by atoms with Crippen molar-refractivity contribution >= 4 is 25.7 Å². The van der Waals surface area contributed by atoms with Crippen LogP contribution < -0.4 is 11.1 Å². The van der Waals surface area contributed by atoms with E-state index >= 15 is 0 Å². The Morgan fingerprint density at radius 2 is 0.934 bits per heavy atom. The molecule has 0 aliphatic heterocycles. The first-order chi connectivity index (χ1) is 29.7. The maximum atomic E-state index is 12.8. The van der Waals surface area contributed by atoms with Gasteiger partial charge < -0.3 is 34.9 Å². The number of carbonyl (C=O) groups is 3. The molecular weight excluding hydrogens is 799 g/mol. The molecule has 0 aromatic rings. The molecule has 0 heterocycles. The minimum atomic E-state index is -4.58. The molecule has 0 aliphatic rings. The van der Waals surface area contributed by atoms with Crippen molar-refractivity contribution in [1.82, 2.24) is 5.32 Å². The lowest BCUT2D eigenvalue weighted by molar-refractivity contribution is -0.161. The van der Waals surface area contributed by atoms with Gasteiger partial charge in [-0.25, -0.2) is 4.57 Å². The molecule has 0 saturated heterocycles. The highest BCUT2D eigenvalue weighted by Gasteiger charge is 2.26. The smallest absolute Gasteiger partial charge is 0.462 e. The Morgan fingerprint density at radius 1 is 0.525 bits per heavy atom. The van der Waals surface area contributed by atoms with Crippen molar-refractivity contribution in [2.75, 3.05) is 59.3 Å². The fraction of sp³-hybridized carbons (Fsp3) is 0.936. The van der Waals surface area contributed by atoms with E-state index in [-0.39, 0.29) is 45.8 Å². The van der Waals surface area contributed by atoms with E-state index in [1.807, 2.05) is 0 Å². The molecule has 0 radical (unpaired) electrons. The van der Waals surface area contributed by atoms with E-state index in [4.69, 9.17) is 33.7 Å². The molecule has 2 unspecified atom stereocenters. The molecule has 14 heteroatoms. The molecule has 4 N–H and O–H groups in total. The molecular formula is C47H93N2O11P. The van der Waals surface area contributed by atoms with Crippen molar-refractivity contribution in [3.63, 3.8) is 0 Å². The van der Waals surface area contributed by atoms with Gasteiger partial charge in [0.2, 0.25) is 5.91 Å². The van der Waals surface area contributed by atoms with Crippen LogP contribution in [0, 0.1) is 0 Å². The minimum Gasteiger partial charge on any atom is -0.462 e. The molecule has 13 nitrogen and oxygen atoms in total. The van der Waals surface area contributed by atoms with Gasteiger partial charge in [-0.2, -0.15) is 0 Å². The van der Waals surface area contributed by atoms with E-state index in [0.717, 1.165) is 38.5 Å². The number of amides is 1. The number of ether oxygens (including phenoxy) is 4. The number of rotatable bonds is 49. The minimum absolute atomic E-state index is 0.0611. The van der Waals surface area contributed by atoms with Crippen molar-refractivity contribution in [1.29, 1.82) is 0 Å². The predicted octanol–water partition coefficient (Wildman–Crippen LogP) is 11.2. The number of hydrogen-bond acceptors (Lipinski definition) is 11. The summed E-state index contributed by atoms with van der Waals surface area (Å²) in [5.41, 5.74) is 5.35. The summed E-state index contributed by atoms with van der Waals surface area (Å²) in [6.07, 6.45) is 36.2. The Bertz CT molecular complexity index is 1040. The second-order valence-corrected chi connectivity index (χ2v) is 18.0. The number of carbonyl (C=O) groups excluding carboxylic acids is 3. The summed E-state index contributed by atoms with van der Waals surface area (Å²) >= 11 is 0. The van der Waals surface area contributed by atoms with Crippen LogP contribution in [0.25, 0.3) is 0 Å². The van der Waals surface area contributed by atoms with Gasteiger partial charge >= 0.3 is 19.8 Å². The van der Waals surface area contributed by atoms with Gasteiger partial charge in [0.05, 0.1) is 33.0 Å². The first kappa shape index (κ1) is 59.4. The third-order valence-electron chi connectivity index (χ3n) is 10.7. The summed E-state index contributed by atoms with van der Waals surface area (Å²) in [4.78, 5) is 47.5. The van der Waals surface area contributed by atoms with Crippen molar-refractivity contribution < 1.29 is 51.8 Å². The van der Waals surface area contributed by atoms with Gasteiger partial charge in [0, 0.05) is 25.9 Å². The third-order valence-corrected chi connectivity index (χ3v) is 11.7. The monoisotopic (exact) mass is 893 g/mol. The number of nitrogens with one attached hydrogen (secondary N) is 1. The van der Waals surface area contributed by atoms with Crippen LogP contribution in [0.1, 0.15) is 219 Å². The summed E-state index contributed by atoms with van der Waals surface area (Å²) in [6, 6.07) is 0. The maximum absolute atomic E-state index is 12.8. The van der Waals surface area contributed by atoms with Crippen LogP contribution in [0.15, 0.2) is 0 Å². The molecule has 0 aliphatic carbocycles. The first-order valence-corrected chi connectivity index (χ1v) is 26.3. The van der Waals surface area contributed by atoms with Crippen LogP contribution in [-0.2, 0) is 46.9 Å². The molecule has 0 spiro atoms. The SMILES string of the molecule is CCCCCCCCCCCCCCCCCC(=O)OCC(COP(=O)(O)OCCNC(=O)COCCOCCN)OC(=O)CCCCCCCCCCCCCCCCC. The number of nitrogens with two attached hydrogens (primary N) is 1. The summed E-state index contributed by atoms with van der Waals surface area (Å²) in [7, 11) is -4.58. The number of phosphoric acid groups is 1. The molecule has 0 aromatic heterocycles. The van der Waals surface area contributed by atoms with Crippen LogP contribution in [0.2, 0.25) is 0 Å². The zero-order valence-corrected chi connectivity index (χ0v) is 40.0. The third kappa shape index (κ3) is 46.2. The lowest BCUT2D eigenvalue weighted by atomic mass is 10.0. The van der Waals surface area contributed by atoms with Gasteiger partial charge in [0.15, 0.2) is 6.10 Å². The van der Waals surface area contributed by atoms with E-state index in [2.05, 4.69) is 19.2 Å². The van der Waals surface area contributed by atoms with Crippen LogP contribution >= 0.6 is 7.82 Å². The van der Waals surface area contributed by atoms with Gasteiger partial charge in [-0.1, -0.05) is 194 Å². The highest BCUT2D eigenvalue weighted by molar-refractivity contribution is 7.47. The average molecular weight is 893 g/mol.